The Morgan fingerprint density at radius 1 is 0.815 bits per heavy atom. The second-order valence-electron chi connectivity index (χ2n) is 5.34. The average Bonchev–Trinajstić information content (AvgIpc) is 2.68. The maximum Gasteiger partial charge on any atom is 0.338 e. The Labute approximate surface area is 150 Å². The van der Waals surface area contributed by atoms with E-state index < -0.39 is 53.2 Å². The van der Waals surface area contributed by atoms with Crippen molar-refractivity contribution in [3.05, 3.63) is 70.0 Å². The number of hydrogen-bond donors (Lipinski definition) is 0. The Kier molecular flexibility index (Phi) is 6.49. The molecule has 0 aromatic heterocycles. The van der Waals surface area contributed by atoms with Gasteiger partial charge in [-0.1, -0.05) is 13.0 Å². The van der Waals surface area contributed by atoms with Crippen LogP contribution in [0.25, 0.3) is 0 Å². The van der Waals surface area contributed by atoms with Crippen molar-refractivity contribution >= 4 is 11.9 Å². The quantitative estimate of drug-likeness (QED) is 0.320. The first-order valence-corrected chi connectivity index (χ1v) is 7.72. The summed E-state index contributed by atoms with van der Waals surface area (Å²) in [6.07, 6.45) is 0.593. The van der Waals surface area contributed by atoms with E-state index in [0.717, 1.165) is 6.07 Å². The molecule has 0 unspecified atom stereocenters. The minimum absolute atomic E-state index is 0.0362. The van der Waals surface area contributed by atoms with E-state index in [9.17, 15) is 31.5 Å². The van der Waals surface area contributed by atoms with Crippen LogP contribution in [0.2, 0.25) is 0 Å². The van der Waals surface area contributed by atoms with Crippen molar-refractivity contribution in [3.8, 4) is 0 Å². The van der Waals surface area contributed by atoms with Gasteiger partial charge in [0.05, 0.1) is 23.3 Å². The Morgan fingerprint density at radius 2 is 1.30 bits per heavy atom. The number of halogens is 5. The molecule has 9 heteroatoms. The molecule has 2 aromatic carbocycles. The number of ether oxygens (including phenoxy) is 2. The van der Waals surface area contributed by atoms with Crippen LogP contribution in [-0.2, 0) is 16.1 Å². The number of rotatable bonds is 6. The second-order valence-corrected chi connectivity index (χ2v) is 5.34. The molecule has 0 aliphatic heterocycles. The van der Waals surface area contributed by atoms with Crippen LogP contribution in [0.3, 0.4) is 0 Å². The molecule has 2 aromatic rings. The molecule has 0 spiro atoms. The van der Waals surface area contributed by atoms with E-state index >= 15 is 0 Å². The van der Waals surface area contributed by atoms with Crippen LogP contribution in [0.1, 0.15) is 39.6 Å². The molecule has 0 heterocycles. The summed E-state index contributed by atoms with van der Waals surface area (Å²) in [5.41, 5.74) is -1.41. The molecule has 0 bridgehead atoms. The maximum absolute atomic E-state index is 13.6. The van der Waals surface area contributed by atoms with Crippen molar-refractivity contribution in [3.63, 3.8) is 0 Å². The molecule has 27 heavy (non-hydrogen) atoms. The van der Waals surface area contributed by atoms with Gasteiger partial charge in [0.1, 0.15) is 6.61 Å². The molecular formula is C18H13F5O4. The van der Waals surface area contributed by atoms with Crippen molar-refractivity contribution in [2.75, 3.05) is 6.61 Å². The smallest absolute Gasteiger partial charge is 0.338 e. The first-order valence-electron chi connectivity index (χ1n) is 7.72. The van der Waals surface area contributed by atoms with E-state index in [1.165, 1.54) is 18.2 Å². The lowest BCUT2D eigenvalue weighted by Gasteiger charge is -2.10. The van der Waals surface area contributed by atoms with E-state index in [-0.39, 0.29) is 17.7 Å². The van der Waals surface area contributed by atoms with Crippen molar-refractivity contribution < 1.29 is 41.0 Å². The summed E-state index contributed by atoms with van der Waals surface area (Å²) < 4.78 is 75.9. The lowest BCUT2D eigenvalue weighted by atomic mass is 10.1. The Balaban J connectivity index is 2.17. The maximum atomic E-state index is 13.6. The van der Waals surface area contributed by atoms with E-state index in [1.807, 2.05) is 0 Å². The van der Waals surface area contributed by atoms with Crippen LogP contribution in [-0.4, -0.2) is 18.5 Å². The van der Waals surface area contributed by atoms with Gasteiger partial charge in [0.15, 0.2) is 23.3 Å². The third-order valence-corrected chi connectivity index (χ3v) is 3.42. The number of benzene rings is 2. The normalized spacial score (nSPS) is 10.6. The first-order chi connectivity index (χ1) is 12.8. The van der Waals surface area contributed by atoms with E-state index in [4.69, 9.17) is 4.74 Å². The zero-order valence-corrected chi connectivity index (χ0v) is 14.0. The second kappa shape index (κ2) is 8.61. The van der Waals surface area contributed by atoms with Crippen LogP contribution >= 0.6 is 0 Å². The summed E-state index contributed by atoms with van der Waals surface area (Å²) in [6.45, 7) is 0.781. The highest BCUT2D eigenvalue weighted by Crippen LogP contribution is 2.24. The van der Waals surface area contributed by atoms with E-state index in [2.05, 4.69) is 4.74 Å². The molecule has 0 N–H and O–H groups in total. The predicted octanol–water partition coefficient (Wildman–Crippen LogP) is 4.31. The van der Waals surface area contributed by atoms with Crippen molar-refractivity contribution in [2.45, 2.75) is 20.0 Å². The van der Waals surface area contributed by atoms with Gasteiger partial charge in [-0.2, -0.15) is 0 Å². The van der Waals surface area contributed by atoms with Gasteiger partial charge in [-0.25, -0.2) is 31.5 Å². The first kappa shape index (κ1) is 20.3. The van der Waals surface area contributed by atoms with Crippen LogP contribution in [0, 0.1) is 29.1 Å². The minimum atomic E-state index is -2.31. The van der Waals surface area contributed by atoms with Gasteiger partial charge in [0.25, 0.3) is 0 Å². The molecule has 0 saturated carbocycles. The molecule has 0 aliphatic carbocycles. The average molecular weight is 388 g/mol. The molecule has 0 amide bonds. The standard InChI is InChI=1S/C18H13F5O4/c1-2-6-26-17(24)9-4-3-5-10(7-9)18(25)27-8-11-12(19)14(21)16(23)15(22)13(11)20/h3-5,7H,2,6,8H2,1H3. The molecule has 0 atom stereocenters. The van der Waals surface area contributed by atoms with Crippen LogP contribution in [0.15, 0.2) is 24.3 Å². The lowest BCUT2D eigenvalue weighted by molar-refractivity contribution is 0.0462. The van der Waals surface area contributed by atoms with Crippen LogP contribution in [0.5, 0.6) is 0 Å². The summed E-state index contributed by atoms with van der Waals surface area (Å²) in [7, 11) is 0. The van der Waals surface area contributed by atoms with E-state index in [1.54, 1.807) is 6.92 Å². The van der Waals surface area contributed by atoms with Crippen molar-refractivity contribution in [1.82, 2.24) is 0 Å². The topological polar surface area (TPSA) is 52.6 Å². The summed E-state index contributed by atoms with van der Waals surface area (Å²) in [6, 6.07) is 5.09. The number of carbonyl (C=O) groups excluding carboxylic acids is 2. The van der Waals surface area contributed by atoms with Gasteiger partial charge in [-0.3, -0.25) is 0 Å². The number of carbonyl (C=O) groups is 2. The summed E-state index contributed by atoms with van der Waals surface area (Å²) in [5.74, 6) is -12.6. The monoisotopic (exact) mass is 388 g/mol. The molecule has 2 rings (SSSR count). The van der Waals surface area contributed by atoms with Gasteiger partial charge >= 0.3 is 11.9 Å². The van der Waals surface area contributed by atoms with Gasteiger partial charge in [0, 0.05) is 0 Å². The molecule has 0 radical (unpaired) electrons. The van der Waals surface area contributed by atoms with Crippen molar-refractivity contribution in [2.24, 2.45) is 0 Å². The summed E-state index contributed by atoms with van der Waals surface area (Å²) in [4.78, 5) is 23.7. The van der Waals surface area contributed by atoms with E-state index in [0.29, 0.717) is 6.42 Å². The predicted molar refractivity (Wildman–Crippen MR) is 82.4 cm³/mol. The van der Waals surface area contributed by atoms with Crippen molar-refractivity contribution in [1.29, 1.82) is 0 Å². The zero-order valence-electron chi connectivity index (χ0n) is 14.0. The minimum Gasteiger partial charge on any atom is -0.462 e. The highest BCUT2D eigenvalue weighted by atomic mass is 19.2. The molecule has 144 valence electrons. The largest absolute Gasteiger partial charge is 0.462 e. The fraction of sp³-hybridized carbons (Fsp3) is 0.222. The fourth-order valence-corrected chi connectivity index (χ4v) is 2.05. The Morgan fingerprint density at radius 3 is 1.81 bits per heavy atom. The molecule has 0 aliphatic rings. The molecule has 4 nitrogen and oxygen atoms in total. The number of esters is 2. The fourth-order valence-electron chi connectivity index (χ4n) is 2.05. The SMILES string of the molecule is CCCOC(=O)c1cccc(C(=O)OCc2c(F)c(F)c(F)c(F)c2F)c1. The van der Waals surface area contributed by atoms with Gasteiger partial charge in [-0.15, -0.1) is 0 Å². The Bertz CT molecular complexity index is 853. The Hall–Kier alpha value is -2.97. The lowest BCUT2D eigenvalue weighted by Crippen LogP contribution is -2.12. The molecular weight excluding hydrogens is 375 g/mol. The molecule has 0 fully saturated rings. The highest BCUT2D eigenvalue weighted by Gasteiger charge is 2.26. The molecule has 0 saturated heterocycles. The third kappa shape index (κ3) is 4.42. The highest BCUT2D eigenvalue weighted by molar-refractivity contribution is 5.95. The zero-order chi connectivity index (χ0) is 20.1. The van der Waals surface area contributed by atoms with Gasteiger partial charge in [0.2, 0.25) is 5.82 Å². The summed E-state index contributed by atoms with van der Waals surface area (Å²) >= 11 is 0. The van der Waals surface area contributed by atoms with Crippen LogP contribution < -0.4 is 0 Å². The van der Waals surface area contributed by atoms with Crippen LogP contribution in [0.4, 0.5) is 22.0 Å². The summed E-state index contributed by atoms with van der Waals surface area (Å²) in [5, 5.41) is 0. The third-order valence-electron chi connectivity index (χ3n) is 3.42. The van der Waals surface area contributed by atoms with Gasteiger partial charge < -0.3 is 9.47 Å². The van der Waals surface area contributed by atoms with Gasteiger partial charge in [-0.05, 0) is 24.6 Å². The number of hydrogen-bond acceptors (Lipinski definition) is 4.